The molecule has 0 spiro atoms. The largest absolute Gasteiger partial charge is 0.333 e. The Hall–Kier alpha value is -2.09. The van der Waals surface area contributed by atoms with E-state index < -0.39 is 29.0 Å². The van der Waals surface area contributed by atoms with Crippen molar-refractivity contribution in [1.29, 1.82) is 0 Å². The van der Waals surface area contributed by atoms with E-state index in [1.165, 1.54) is 4.90 Å². The van der Waals surface area contributed by atoms with Crippen LogP contribution < -0.4 is 11.1 Å². The second kappa shape index (κ2) is 9.27. The van der Waals surface area contributed by atoms with Crippen LogP contribution in [0.15, 0.2) is 12.1 Å². The summed E-state index contributed by atoms with van der Waals surface area (Å²) in [5.74, 6) is -5.42. The number of rotatable bonds is 8. The molecule has 24 heavy (non-hydrogen) atoms. The number of nitrogens with zero attached hydrogens (tertiary/aromatic N) is 1. The van der Waals surface area contributed by atoms with E-state index in [1.807, 2.05) is 6.92 Å². The van der Waals surface area contributed by atoms with Crippen molar-refractivity contribution in [2.75, 3.05) is 18.4 Å². The SMILES string of the molecule is CCCN(CC(=O)Nc1ccc(F)c(F)c1F)C(=O)CCC(C)N. The first kappa shape index (κ1) is 20.0. The summed E-state index contributed by atoms with van der Waals surface area (Å²) < 4.78 is 39.6. The standard InChI is InChI=1S/C16H22F3N3O2/c1-3-8-22(14(24)7-4-10(2)20)9-13(23)21-12-6-5-11(17)15(18)16(12)19/h5-6,10H,3-4,7-9,20H2,1-2H3,(H,21,23). The minimum atomic E-state index is -1.66. The monoisotopic (exact) mass is 345 g/mol. The second-order valence-corrected chi connectivity index (χ2v) is 5.60. The number of nitrogens with two attached hydrogens (primary N) is 1. The Morgan fingerprint density at radius 2 is 1.92 bits per heavy atom. The van der Waals surface area contributed by atoms with Crippen molar-refractivity contribution in [3.05, 3.63) is 29.6 Å². The van der Waals surface area contributed by atoms with Crippen LogP contribution in [0.4, 0.5) is 18.9 Å². The molecule has 8 heteroatoms. The highest BCUT2D eigenvalue weighted by atomic mass is 19.2. The molecular formula is C16H22F3N3O2. The normalized spacial score (nSPS) is 11.9. The molecule has 0 aliphatic heterocycles. The Labute approximate surface area is 139 Å². The molecular weight excluding hydrogens is 323 g/mol. The molecule has 1 atom stereocenters. The molecule has 0 heterocycles. The van der Waals surface area contributed by atoms with Crippen molar-refractivity contribution < 1.29 is 22.8 Å². The van der Waals surface area contributed by atoms with Gasteiger partial charge in [0.05, 0.1) is 12.2 Å². The molecule has 2 amide bonds. The van der Waals surface area contributed by atoms with Gasteiger partial charge in [-0.05, 0) is 31.9 Å². The van der Waals surface area contributed by atoms with Crippen LogP contribution in [-0.4, -0.2) is 35.8 Å². The van der Waals surface area contributed by atoms with Gasteiger partial charge in [0.15, 0.2) is 17.5 Å². The van der Waals surface area contributed by atoms with Crippen LogP contribution in [-0.2, 0) is 9.59 Å². The van der Waals surface area contributed by atoms with E-state index in [1.54, 1.807) is 6.92 Å². The maximum atomic E-state index is 13.6. The lowest BCUT2D eigenvalue weighted by Crippen LogP contribution is -2.39. The van der Waals surface area contributed by atoms with E-state index in [-0.39, 0.29) is 24.9 Å². The number of carbonyl (C=O) groups excluding carboxylic acids is 2. The van der Waals surface area contributed by atoms with Crippen LogP contribution in [0, 0.1) is 17.5 Å². The van der Waals surface area contributed by atoms with E-state index in [4.69, 9.17) is 5.73 Å². The zero-order valence-corrected chi connectivity index (χ0v) is 13.7. The molecule has 0 radical (unpaired) electrons. The van der Waals surface area contributed by atoms with Gasteiger partial charge >= 0.3 is 0 Å². The van der Waals surface area contributed by atoms with Crippen LogP contribution in [0.5, 0.6) is 0 Å². The number of halogens is 3. The van der Waals surface area contributed by atoms with Crippen LogP contribution in [0.25, 0.3) is 0 Å². The van der Waals surface area contributed by atoms with Gasteiger partial charge in [-0.2, -0.15) is 0 Å². The number of hydrogen-bond acceptors (Lipinski definition) is 3. The number of benzene rings is 1. The molecule has 5 nitrogen and oxygen atoms in total. The molecule has 1 rings (SSSR count). The topological polar surface area (TPSA) is 75.4 Å². The maximum Gasteiger partial charge on any atom is 0.244 e. The molecule has 0 saturated carbocycles. The first-order valence-corrected chi connectivity index (χ1v) is 7.73. The van der Waals surface area contributed by atoms with Gasteiger partial charge in [0, 0.05) is 19.0 Å². The summed E-state index contributed by atoms with van der Waals surface area (Å²) in [6.07, 6.45) is 1.32. The lowest BCUT2D eigenvalue weighted by atomic mass is 10.2. The van der Waals surface area contributed by atoms with Gasteiger partial charge < -0.3 is 16.0 Å². The first-order valence-electron chi connectivity index (χ1n) is 7.73. The number of hydrogen-bond donors (Lipinski definition) is 2. The molecule has 0 aromatic heterocycles. The zero-order chi connectivity index (χ0) is 18.3. The molecule has 134 valence electrons. The maximum absolute atomic E-state index is 13.6. The van der Waals surface area contributed by atoms with Gasteiger partial charge in [-0.1, -0.05) is 6.92 Å². The van der Waals surface area contributed by atoms with E-state index in [9.17, 15) is 22.8 Å². The lowest BCUT2D eigenvalue weighted by molar-refractivity contribution is -0.134. The molecule has 1 aromatic rings. The van der Waals surface area contributed by atoms with E-state index in [0.29, 0.717) is 25.5 Å². The van der Waals surface area contributed by atoms with Gasteiger partial charge in [0.25, 0.3) is 0 Å². The highest BCUT2D eigenvalue weighted by molar-refractivity contribution is 5.94. The summed E-state index contributed by atoms with van der Waals surface area (Å²) in [5.41, 5.74) is 5.13. The fourth-order valence-electron chi connectivity index (χ4n) is 2.06. The van der Waals surface area contributed by atoms with Crippen molar-refractivity contribution >= 4 is 17.5 Å². The molecule has 0 aliphatic rings. The second-order valence-electron chi connectivity index (χ2n) is 5.60. The van der Waals surface area contributed by atoms with Crippen LogP contribution >= 0.6 is 0 Å². The fourth-order valence-corrected chi connectivity index (χ4v) is 2.06. The van der Waals surface area contributed by atoms with Gasteiger partial charge in [0.2, 0.25) is 11.8 Å². The highest BCUT2D eigenvalue weighted by Crippen LogP contribution is 2.19. The van der Waals surface area contributed by atoms with Gasteiger partial charge in [0.1, 0.15) is 0 Å². The zero-order valence-electron chi connectivity index (χ0n) is 13.7. The first-order chi connectivity index (χ1) is 11.3. The Balaban J connectivity index is 2.72. The molecule has 0 saturated heterocycles. The third kappa shape index (κ3) is 5.84. The van der Waals surface area contributed by atoms with E-state index in [0.717, 1.165) is 6.07 Å². The lowest BCUT2D eigenvalue weighted by Gasteiger charge is -2.22. The molecule has 0 fully saturated rings. The minimum absolute atomic E-state index is 0.137. The molecule has 0 bridgehead atoms. The summed E-state index contributed by atoms with van der Waals surface area (Å²) in [5, 5.41) is 2.15. The van der Waals surface area contributed by atoms with Crippen molar-refractivity contribution in [3.8, 4) is 0 Å². The minimum Gasteiger partial charge on any atom is -0.333 e. The Morgan fingerprint density at radius 1 is 1.25 bits per heavy atom. The van der Waals surface area contributed by atoms with Crippen molar-refractivity contribution in [1.82, 2.24) is 4.90 Å². The van der Waals surface area contributed by atoms with Crippen molar-refractivity contribution in [2.24, 2.45) is 5.73 Å². The Kier molecular flexibility index (Phi) is 7.70. The molecule has 3 N–H and O–H groups in total. The van der Waals surface area contributed by atoms with Gasteiger partial charge in [-0.15, -0.1) is 0 Å². The van der Waals surface area contributed by atoms with E-state index >= 15 is 0 Å². The predicted molar refractivity (Wildman–Crippen MR) is 84.7 cm³/mol. The Bertz CT molecular complexity index is 594. The van der Waals surface area contributed by atoms with Crippen LogP contribution in [0.1, 0.15) is 33.1 Å². The Morgan fingerprint density at radius 3 is 2.50 bits per heavy atom. The third-order valence-corrected chi connectivity index (χ3v) is 3.30. The summed E-state index contributed by atoms with van der Waals surface area (Å²) in [7, 11) is 0. The van der Waals surface area contributed by atoms with Gasteiger partial charge in [-0.25, -0.2) is 13.2 Å². The highest BCUT2D eigenvalue weighted by Gasteiger charge is 2.19. The predicted octanol–water partition coefficient (Wildman–Crippen LogP) is 2.41. The third-order valence-electron chi connectivity index (χ3n) is 3.30. The number of nitrogens with one attached hydrogen (secondary N) is 1. The fraction of sp³-hybridized carbons (Fsp3) is 0.500. The average Bonchev–Trinajstić information content (AvgIpc) is 2.52. The van der Waals surface area contributed by atoms with Crippen molar-refractivity contribution in [3.63, 3.8) is 0 Å². The number of anilines is 1. The summed E-state index contributed by atoms with van der Waals surface area (Å²) in [6.45, 7) is 3.67. The molecule has 1 aromatic carbocycles. The number of carbonyl (C=O) groups is 2. The van der Waals surface area contributed by atoms with Crippen molar-refractivity contribution in [2.45, 2.75) is 39.2 Å². The van der Waals surface area contributed by atoms with E-state index in [2.05, 4.69) is 5.32 Å². The summed E-state index contributed by atoms with van der Waals surface area (Å²) >= 11 is 0. The van der Waals surface area contributed by atoms with Crippen LogP contribution in [0.2, 0.25) is 0 Å². The van der Waals surface area contributed by atoms with Crippen LogP contribution in [0.3, 0.4) is 0 Å². The summed E-state index contributed by atoms with van der Waals surface area (Å²) in [6, 6.07) is 1.50. The summed E-state index contributed by atoms with van der Waals surface area (Å²) in [4.78, 5) is 25.4. The smallest absolute Gasteiger partial charge is 0.244 e. The average molecular weight is 345 g/mol. The molecule has 1 unspecified atom stereocenters. The molecule has 0 aliphatic carbocycles. The van der Waals surface area contributed by atoms with Gasteiger partial charge in [-0.3, -0.25) is 9.59 Å². The number of amides is 2. The quantitative estimate of drug-likeness (QED) is 0.711.